The van der Waals surface area contributed by atoms with Gasteiger partial charge in [-0.2, -0.15) is 0 Å². The van der Waals surface area contributed by atoms with Gasteiger partial charge in [-0.05, 0) is 48.0 Å². The van der Waals surface area contributed by atoms with Gasteiger partial charge in [0.2, 0.25) is 0 Å². The molecule has 2 heterocycles. The van der Waals surface area contributed by atoms with Crippen molar-refractivity contribution < 1.29 is 38.0 Å². The first-order valence-corrected chi connectivity index (χ1v) is 14.2. The van der Waals surface area contributed by atoms with E-state index in [1.807, 2.05) is 0 Å². The number of carbonyl (C=O) groups excluding carboxylic acids is 2. The Bertz CT molecular complexity index is 1090. The smallest absolute Gasteiger partial charge is 0.342 e. The van der Waals surface area contributed by atoms with Crippen molar-refractivity contribution in [1.82, 2.24) is 19.7 Å². The summed E-state index contributed by atoms with van der Waals surface area (Å²) in [4.78, 5) is 50.5. The molecule has 6 atom stereocenters. The Labute approximate surface area is 220 Å². The highest BCUT2D eigenvalue weighted by Gasteiger charge is 2.45. The number of rotatable bonds is 13. The van der Waals surface area contributed by atoms with Crippen LogP contribution in [0, 0.1) is 5.92 Å². The van der Waals surface area contributed by atoms with Gasteiger partial charge in [-0.3, -0.25) is 28.5 Å². The Morgan fingerprint density at radius 1 is 1.08 bits per heavy atom. The SMILES string of the molecule is CC[C@H]1[C@@H](O)[C@H](n2ccc(=O)[nH]c2=O)O[C@@H]1COP(=O)(N[C@@H](C)C(=O)OC(C)C)N[C@@H](C)C(=O)OC(C)C. The zero-order valence-electron chi connectivity index (χ0n) is 22.7. The fourth-order valence-electron chi connectivity index (χ4n) is 3.89. The maximum Gasteiger partial charge on any atom is 0.342 e. The van der Waals surface area contributed by atoms with Crippen molar-refractivity contribution in [1.29, 1.82) is 0 Å². The topological polar surface area (TPSA) is 187 Å². The van der Waals surface area contributed by atoms with E-state index in [9.17, 15) is 28.8 Å². The van der Waals surface area contributed by atoms with E-state index >= 15 is 0 Å². The molecule has 4 N–H and O–H groups in total. The van der Waals surface area contributed by atoms with Crippen LogP contribution in [-0.2, 0) is 32.9 Å². The first-order chi connectivity index (χ1) is 17.7. The van der Waals surface area contributed by atoms with Gasteiger partial charge < -0.3 is 23.8 Å². The number of aromatic amines is 1. The number of aromatic nitrogens is 2. The third kappa shape index (κ3) is 8.58. The molecule has 0 bridgehead atoms. The lowest BCUT2D eigenvalue weighted by molar-refractivity contribution is -0.149. The quantitative estimate of drug-likeness (QED) is 0.196. The van der Waals surface area contributed by atoms with Crippen molar-refractivity contribution in [3.8, 4) is 0 Å². The van der Waals surface area contributed by atoms with E-state index in [2.05, 4.69) is 15.2 Å². The number of carbonyl (C=O) groups is 2. The molecule has 1 aliphatic heterocycles. The van der Waals surface area contributed by atoms with E-state index < -0.39 is 79.5 Å². The number of aliphatic hydroxyl groups is 1. The summed E-state index contributed by atoms with van der Waals surface area (Å²) in [5.74, 6) is -1.89. The predicted octanol–water partition coefficient (Wildman–Crippen LogP) is 0.805. The average Bonchev–Trinajstić information content (AvgIpc) is 3.11. The number of nitrogens with zero attached hydrogens (tertiary/aromatic N) is 1. The summed E-state index contributed by atoms with van der Waals surface area (Å²) >= 11 is 0. The Balaban J connectivity index is 2.24. The first-order valence-electron chi connectivity index (χ1n) is 12.5. The minimum absolute atomic E-state index is 0.334. The fourth-order valence-corrected chi connectivity index (χ4v) is 5.70. The van der Waals surface area contributed by atoms with Crippen molar-refractivity contribution in [2.45, 2.75) is 97.6 Å². The summed E-state index contributed by atoms with van der Waals surface area (Å²) in [6.07, 6.45) is -2.28. The van der Waals surface area contributed by atoms with E-state index in [-0.39, 0.29) is 6.61 Å². The summed E-state index contributed by atoms with van der Waals surface area (Å²) in [5, 5.41) is 16.0. The Morgan fingerprint density at radius 3 is 2.05 bits per heavy atom. The number of H-pyrrole nitrogens is 1. The van der Waals surface area contributed by atoms with E-state index in [1.54, 1.807) is 34.6 Å². The second-order valence-corrected chi connectivity index (χ2v) is 11.5. The normalized spacial score (nSPS) is 23.4. The van der Waals surface area contributed by atoms with Gasteiger partial charge in [0.05, 0.1) is 24.9 Å². The zero-order chi connectivity index (χ0) is 28.8. The van der Waals surface area contributed by atoms with Crippen LogP contribution in [0.3, 0.4) is 0 Å². The van der Waals surface area contributed by atoms with Crippen molar-refractivity contribution in [2.75, 3.05) is 6.61 Å². The highest BCUT2D eigenvalue weighted by atomic mass is 31.2. The van der Waals surface area contributed by atoms with Gasteiger partial charge in [0.1, 0.15) is 18.2 Å². The molecule has 0 amide bonds. The summed E-state index contributed by atoms with van der Waals surface area (Å²) in [5.41, 5.74) is -1.36. The molecule has 1 aliphatic rings. The lowest BCUT2D eigenvalue weighted by Gasteiger charge is -2.28. The van der Waals surface area contributed by atoms with Gasteiger partial charge in [0.25, 0.3) is 5.56 Å². The number of ether oxygens (including phenoxy) is 3. The molecule has 0 radical (unpaired) electrons. The molecule has 0 spiro atoms. The first kappa shape index (κ1) is 31.9. The van der Waals surface area contributed by atoms with Crippen molar-refractivity contribution in [2.24, 2.45) is 5.92 Å². The number of hydrogen-bond donors (Lipinski definition) is 4. The van der Waals surface area contributed by atoms with Crippen LogP contribution in [0.1, 0.15) is 61.1 Å². The summed E-state index contributed by atoms with van der Waals surface area (Å²) < 4.78 is 36.8. The number of esters is 2. The molecular weight excluding hydrogens is 523 g/mol. The molecule has 1 aromatic heterocycles. The highest BCUT2D eigenvalue weighted by Crippen LogP contribution is 2.42. The van der Waals surface area contributed by atoms with Crippen LogP contribution in [0.15, 0.2) is 21.9 Å². The van der Waals surface area contributed by atoms with E-state index in [4.69, 9.17) is 18.7 Å². The van der Waals surface area contributed by atoms with Crippen LogP contribution < -0.4 is 21.4 Å². The van der Waals surface area contributed by atoms with Crippen LogP contribution in [0.4, 0.5) is 0 Å². The molecule has 0 aliphatic carbocycles. The average molecular weight is 563 g/mol. The Morgan fingerprint density at radius 2 is 1.61 bits per heavy atom. The van der Waals surface area contributed by atoms with E-state index in [0.29, 0.717) is 6.42 Å². The molecule has 1 fully saturated rings. The molecule has 0 unspecified atom stereocenters. The Hall–Kier alpha value is -2.35. The second kappa shape index (κ2) is 13.6. The third-order valence-corrected chi connectivity index (χ3v) is 7.65. The molecule has 38 heavy (non-hydrogen) atoms. The van der Waals surface area contributed by atoms with Crippen molar-refractivity contribution in [3.05, 3.63) is 33.1 Å². The number of nitrogens with one attached hydrogen (secondary N) is 3. The molecule has 216 valence electrons. The van der Waals surface area contributed by atoms with Gasteiger partial charge in [0.15, 0.2) is 6.23 Å². The van der Waals surface area contributed by atoms with E-state index in [1.165, 1.54) is 20.0 Å². The second-order valence-electron chi connectivity index (χ2n) is 9.67. The highest BCUT2D eigenvalue weighted by molar-refractivity contribution is 7.54. The maximum atomic E-state index is 13.8. The largest absolute Gasteiger partial charge is 0.462 e. The standard InChI is InChI=1S/C23H39N4O10P/c1-8-16-17(37-20(19(16)29)27-10-9-18(28)24-23(27)32)11-34-38(33,25-14(6)21(30)35-12(2)3)26-15(7)22(31)36-13(4)5/h9-10,12-17,19-20,29H,8,11H2,1-7H3,(H,24,28,32)(H2,25,26,33)/t14-,15-,16+,17+,19+,20+/m0/s1. The van der Waals surface area contributed by atoms with Gasteiger partial charge in [0, 0.05) is 18.2 Å². The third-order valence-electron chi connectivity index (χ3n) is 5.68. The van der Waals surface area contributed by atoms with Gasteiger partial charge >= 0.3 is 25.3 Å². The minimum Gasteiger partial charge on any atom is -0.462 e. The van der Waals surface area contributed by atoms with Gasteiger partial charge in [-0.25, -0.2) is 15.0 Å². The number of aliphatic hydroxyl groups excluding tert-OH is 1. The summed E-state index contributed by atoms with van der Waals surface area (Å²) in [7, 11) is -4.12. The summed E-state index contributed by atoms with van der Waals surface area (Å²) in [6, 6.07) is -1.03. The van der Waals surface area contributed by atoms with Crippen LogP contribution >= 0.6 is 7.67 Å². The molecule has 14 nitrogen and oxygen atoms in total. The molecule has 2 rings (SSSR count). The van der Waals surface area contributed by atoms with Crippen LogP contribution in [0.2, 0.25) is 0 Å². The molecule has 0 aromatic carbocycles. The molecular formula is C23H39N4O10P. The number of hydrogen-bond acceptors (Lipinski definition) is 10. The van der Waals surface area contributed by atoms with Gasteiger partial charge in [-0.1, -0.05) is 6.92 Å². The van der Waals surface area contributed by atoms with Crippen LogP contribution in [0.25, 0.3) is 0 Å². The summed E-state index contributed by atoms with van der Waals surface area (Å²) in [6.45, 7) is 11.0. The zero-order valence-corrected chi connectivity index (χ0v) is 23.6. The van der Waals surface area contributed by atoms with Crippen LogP contribution in [-0.4, -0.2) is 69.7 Å². The maximum absolute atomic E-state index is 13.8. The van der Waals surface area contributed by atoms with E-state index in [0.717, 1.165) is 10.6 Å². The lowest BCUT2D eigenvalue weighted by atomic mass is 9.95. The van der Waals surface area contributed by atoms with Gasteiger partial charge in [-0.15, -0.1) is 0 Å². The fraction of sp³-hybridized carbons (Fsp3) is 0.739. The van der Waals surface area contributed by atoms with Crippen LogP contribution in [0.5, 0.6) is 0 Å². The van der Waals surface area contributed by atoms with Crippen molar-refractivity contribution >= 4 is 19.6 Å². The molecule has 15 heteroatoms. The minimum atomic E-state index is -4.12. The molecule has 1 saturated heterocycles. The molecule has 1 aromatic rings. The Kier molecular flexibility index (Phi) is 11.4. The van der Waals surface area contributed by atoms with Crippen molar-refractivity contribution in [3.63, 3.8) is 0 Å². The lowest BCUT2D eigenvalue weighted by Crippen LogP contribution is -2.43. The predicted molar refractivity (Wildman–Crippen MR) is 136 cm³/mol. The monoisotopic (exact) mass is 562 g/mol. The molecule has 0 saturated carbocycles.